The third kappa shape index (κ3) is 3.67. The minimum atomic E-state index is 0.457. The van der Waals surface area contributed by atoms with E-state index in [0.717, 1.165) is 16.9 Å². The maximum absolute atomic E-state index is 5.74. The van der Waals surface area contributed by atoms with E-state index < -0.39 is 0 Å². The SMILES string of the molecule is S=c1[nH]ncn1N=Cc1ccc(OCc2ccccc2)cc1. The van der Waals surface area contributed by atoms with Gasteiger partial charge in [-0.3, -0.25) is 5.10 Å². The molecule has 110 valence electrons. The number of nitrogens with one attached hydrogen (secondary N) is 1. The number of aromatic amines is 1. The molecule has 0 bridgehead atoms. The lowest BCUT2D eigenvalue weighted by atomic mass is 10.2. The minimum absolute atomic E-state index is 0.457. The molecule has 0 aliphatic heterocycles. The number of benzene rings is 2. The molecule has 0 saturated heterocycles. The fraction of sp³-hybridized carbons (Fsp3) is 0.0625. The maximum Gasteiger partial charge on any atom is 0.216 e. The summed E-state index contributed by atoms with van der Waals surface area (Å²) in [4.78, 5) is 0. The van der Waals surface area contributed by atoms with Gasteiger partial charge in [0.1, 0.15) is 18.7 Å². The first-order valence-corrected chi connectivity index (χ1v) is 7.15. The molecule has 3 aromatic rings. The molecule has 0 aliphatic carbocycles. The first-order chi connectivity index (χ1) is 10.8. The van der Waals surface area contributed by atoms with Crippen LogP contribution in [0.3, 0.4) is 0 Å². The number of hydrogen-bond donors (Lipinski definition) is 1. The van der Waals surface area contributed by atoms with Crippen LogP contribution in [0.5, 0.6) is 5.75 Å². The molecule has 1 aromatic heterocycles. The Labute approximate surface area is 132 Å². The van der Waals surface area contributed by atoms with E-state index in [1.807, 2.05) is 54.6 Å². The van der Waals surface area contributed by atoms with Gasteiger partial charge in [0.2, 0.25) is 4.77 Å². The number of ether oxygens (including phenoxy) is 1. The molecule has 0 radical (unpaired) electrons. The summed E-state index contributed by atoms with van der Waals surface area (Å²) < 4.78 is 7.69. The van der Waals surface area contributed by atoms with Gasteiger partial charge in [-0.1, -0.05) is 30.3 Å². The van der Waals surface area contributed by atoms with Crippen LogP contribution in [0.15, 0.2) is 66.0 Å². The molecule has 0 unspecified atom stereocenters. The molecule has 0 fully saturated rings. The summed E-state index contributed by atoms with van der Waals surface area (Å²) in [5.41, 5.74) is 2.10. The highest BCUT2D eigenvalue weighted by Gasteiger charge is 1.96. The zero-order chi connectivity index (χ0) is 15.2. The van der Waals surface area contributed by atoms with E-state index in [1.54, 1.807) is 6.21 Å². The van der Waals surface area contributed by atoms with Gasteiger partial charge in [0.15, 0.2) is 0 Å². The van der Waals surface area contributed by atoms with Crippen LogP contribution in [-0.4, -0.2) is 21.1 Å². The lowest BCUT2D eigenvalue weighted by molar-refractivity contribution is 0.306. The highest BCUT2D eigenvalue weighted by atomic mass is 32.1. The van der Waals surface area contributed by atoms with E-state index in [9.17, 15) is 0 Å². The summed E-state index contributed by atoms with van der Waals surface area (Å²) in [6.07, 6.45) is 3.24. The number of H-pyrrole nitrogens is 1. The van der Waals surface area contributed by atoms with Gasteiger partial charge in [0.05, 0.1) is 6.21 Å². The van der Waals surface area contributed by atoms with Crippen molar-refractivity contribution >= 4 is 18.4 Å². The van der Waals surface area contributed by atoms with E-state index in [0.29, 0.717) is 11.4 Å². The van der Waals surface area contributed by atoms with Gasteiger partial charge < -0.3 is 4.74 Å². The fourth-order valence-corrected chi connectivity index (χ4v) is 1.99. The topological polar surface area (TPSA) is 55.2 Å². The lowest BCUT2D eigenvalue weighted by Crippen LogP contribution is -1.95. The van der Waals surface area contributed by atoms with Gasteiger partial charge in [-0.25, -0.2) is 0 Å². The van der Waals surface area contributed by atoms with Gasteiger partial charge in [-0.05, 0) is 47.6 Å². The van der Waals surface area contributed by atoms with E-state index in [-0.39, 0.29) is 0 Å². The van der Waals surface area contributed by atoms with Crippen molar-refractivity contribution in [1.82, 2.24) is 14.9 Å². The molecule has 0 atom stereocenters. The number of hydrogen-bond acceptors (Lipinski definition) is 4. The van der Waals surface area contributed by atoms with Crippen molar-refractivity contribution in [2.24, 2.45) is 5.10 Å². The summed E-state index contributed by atoms with van der Waals surface area (Å²) >= 11 is 5.01. The van der Waals surface area contributed by atoms with Crippen LogP contribution in [0.2, 0.25) is 0 Å². The third-order valence-electron chi connectivity index (χ3n) is 3.00. The van der Waals surface area contributed by atoms with Crippen LogP contribution < -0.4 is 4.74 Å². The van der Waals surface area contributed by atoms with Crippen molar-refractivity contribution in [3.63, 3.8) is 0 Å². The van der Waals surface area contributed by atoms with E-state index in [2.05, 4.69) is 15.3 Å². The number of nitrogens with zero attached hydrogens (tertiary/aromatic N) is 3. The molecular weight excluding hydrogens is 296 g/mol. The van der Waals surface area contributed by atoms with Crippen LogP contribution in [0.25, 0.3) is 0 Å². The summed E-state index contributed by atoms with van der Waals surface area (Å²) in [5.74, 6) is 0.820. The van der Waals surface area contributed by atoms with Crippen LogP contribution >= 0.6 is 12.2 Å². The van der Waals surface area contributed by atoms with Crippen molar-refractivity contribution in [2.45, 2.75) is 6.61 Å². The normalized spacial score (nSPS) is 10.9. The minimum Gasteiger partial charge on any atom is -0.489 e. The molecule has 0 saturated carbocycles. The second kappa shape index (κ2) is 6.82. The van der Waals surface area contributed by atoms with E-state index in [1.165, 1.54) is 11.0 Å². The molecule has 0 amide bonds. The Balaban J connectivity index is 1.62. The standard InChI is InChI=1S/C16H14N4OS/c22-16-19-17-12-20(16)18-10-13-6-8-15(9-7-13)21-11-14-4-2-1-3-5-14/h1-10,12H,11H2,(H,19,22). The highest BCUT2D eigenvalue weighted by molar-refractivity contribution is 7.71. The molecule has 0 spiro atoms. The molecule has 22 heavy (non-hydrogen) atoms. The Morgan fingerprint density at radius 1 is 1.14 bits per heavy atom. The summed E-state index contributed by atoms with van der Waals surface area (Å²) in [7, 11) is 0. The Morgan fingerprint density at radius 2 is 1.91 bits per heavy atom. The third-order valence-corrected chi connectivity index (χ3v) is 3.27. The molecule has 5 nitrogen and oxygen atoms in total. The van der Waals surface area contributed by atoms with Crippen molar-refractivity contribution in [2.75, 3.05) is 0 Å². The summed E-state index contributed by atoms with van der Waals surface area (Å²) in [5, 5.41) is 10.7. The first-order valence-electron chi connectivity index (χ1n) is 6.74. The predicted molar refractivity (Wildman–Crippen MR) is 87.6 cm³/mol. The van der Waals surface area contributed by atoms with Crippen LogP contribution in [0.4, 0.5) is 0 Å². The molecule has 3 rings (SSSR count). The Morgan fingerprint density at radius 3 is 2.59 bits per heavy atom. The first kappa shape index (κ1) is 14.2. The highest BCUT2D eigenvalue weighted by Crippen LogP contribution is 2.13. The number of aromatic nitrogens is 3. The second-order valence-corrected chi connectivity index (χ2v) is 4.98. The van der Waals surface area contributed by atoms with Crippen LogP contribution in [-0.2, 0) is 6.61 Å². The van der Waals surface area contributed by atoms with Crippen LogP contribution in [0.1, 0.15) is 11.1 Å². The van der Waals surface area contributed by atoms with E-state index >= 15 is 0 Å². The zero-order valence-corrected chi connectivity index (χ0v) is 12.5. The molecular formula is C16H14N4OS. The van der Waals surface area contributed by atoms with Crippen LogP contribution in [0, 0.1) is 4.77 Å². The smallest absolute Gasteiger partial charge is 0.216 e. The summed E-state index contributed by atoms with van der Waals surface area (Å²) in [6, 6.07) is 17.8. The summed E-state index contributed by atoms with van der Waals surface area (Å²) in [6.45, 7) is 0.554. The quantitative estimate of drug-likeness (QED) is 0.580. The number of rotatable bonds is 5. The molecule has 2 aromatic carbocycles. The van der Waals surface area contributed by atoms with Gasteiger partial charge in [-0.2, -0.15) is 14.9 Å². The Bertz CT molecular complexity index is 806. The molecule has 6 heteroatoms. The van der Waals surface area contributed by atoms with Crippen molar-refractivity contribution < 1.29 is 4.74 Å². The van der Waals surface area contributed by atoms with Crippen molar-refractivity contribution in [3.05, 3.63) is 76.8 Å². The molecule has 0 aliphatic rings. The fourth-order valence-electron chi connectivity index (χ4n) is 1.84. The van der Waals surface area contributed by atoms with Gasteiger partial charge >= 0.3 is 0 Å². The molecule has 1 heterocycles. The van der Waals surface area contributed by atoms with Crippen molar-refractivity contribution in [3.8, 4) is 5.75 Å². The zero-order valence-electron chi connectivity index (χ0n) is 11.7. The monoisotopic (exact) mass is 310 g/mol. The van der Waals surface area contributed by atoms with Crippen molar-refractivity contribution in [1.29, 1.82) is 0 Å². The van der Waals surface area contributed by atoms with E-state index in [4.69, 9.17) is 17.0 Å². The Hall–Kier alpha value is -2.73. The van der Waals surface area contributed by atoms with Gasteiger partial charge in [-0.15, -0.1) is 0 Å². The largest absolute Gasteiger partial charge is 0.489 e. The predicted octanol–water partition coefficient (Wildman–Crippen LogP) is 3.40. The average Bonchev–Trinajstić information content (AvgIpc) is 2.98. The lowest BCUT2D eigenvalue weighted by Gasteiger charge is -2.06. The Kier molecular flexibility index (Phi) is 4.41. The second-order valence-electron chi connectivity index (χ2n) is 4.59. The van der Waals surface area contributed by atoms with Gasteiger partial charge in [0, 0.05) is 0 Å². The maximum atomic E-state index is 5.74. The average molecular weight is 310 g/mol. The van der Waals surface area contributed by atoms with Gasteiger partial charge in [0.25, 0.3) is 0 Å². The molecule has 1 N–H and O–H groups in total.